The maximum absolute atomic E-state index is 14.3. The molecule has 0 aromatic heterocycles. The van der Waals surface area contributed by atoms with Crippen molar-refractivity contribution in [1.82, 2.24) is 0 Å². The molecule has 0 aliphatic rings. The smallest absolute Gasteiger partial charge is 0.127 e. The molecule has 0 aliphatic carbocycles. The van der Waals surface area contributed by atoms with Crippen LogP contribution in [0.1, 0.15) is 37.8 Å². The second kappa shape index (κ2) is 8.50. The summed E-state index contributed by atoms with van der Waals surface area (Å²) in [4.78, 5) is 0. The Morgan fingerprint density at radius 3 is 1.85 bits per heavy atom. The van der Waals surface area contributed by atoms with Crippen molar-refractivity contribution < 1.29 is 4.39 Å². The predicted molar refractivity (Wildman–Crippen MR) is 108 cm³/mol. The number of rotatable bonds is 5. The second-order valence-electron chi connectivity index (χ2n) is 6.44. The zero-order valence-electron chi connectivity index (χ0n) is 15.4. The van der Waals surface area contributed by atoms with Gasteiger partial charge in [0, 0.05) is 5.56 Å². The molecule has 0 aliphatic heterocycles. The van der Waals surface area contributed by atoms with E-state index < -0.39 is 0 Å². The zero-order valence-corrected chi connectivity index (χ0v) is 15.4. The van der Waals surface area contributed by atoms with Gasteiger partial charge in [-0.25, -0.2) is 4.39 Å². The quantitative estimate of drug-likeness (QED) is 0.444. The highest BCUT2D eigenvalue weighted by Gasteiger charge is 2.06. The first kappa shape index (κ1) is 18.0. The molecular weight excluding hydrogens is 319 g/mol. The summed E-state index contributed by atoms with van der Waals surface area (Å²) < 4.78 is 14.3. The lowest BCUT2D eigenvalue weighted by atomic mass is 9.98. The normalized spacial score (nSPS) is 10.3. The lowest BCUT2D eigenvalue weighted by Crippen LogP contribution is -1.91. The van der Waals surface area contributed by atoms with E-state index in [9.17, 15) is 4.39 Å². The Morgan fingerprint density at radius 2 is 1.31 bits per heavy atom. The van der Waals surface area contributed by atoms with Crippen molar-refractivity contribution in [3.8, 4) is 34.1 Å². The van der Waals surface area contributed by atoms with Gasteiger partial charge in [-0.3, -0.25) is 0 Å². The maximum Gasteiger partial charge on any atom is 0.127 e. The summed E-state index contributed by atoms with van der Waals surface area (Å²) in [6.45, 7) is 3.96. The molecule has 0 nitrogen and oxygen atoms in total. The fraction of sp³-hybridized carbons (Fsp3) is 0.200. The third kappa shape index (κ3) is 4.21. The van der Waals surface area contributed by atoms with Gasteiger partial charge in [-0.2, -0.15) is 0 Å². The van der Waals surface area contributed by atoms with Crippen molar-refractivity contribution in [1.29, 1.82) is 0 Å². The Balaban J connectivity index is 1.80. The van der Waals surface area contributed by atoms with E-state index in [2.05, 4.69) is 55.2 Å². The fourth-order valence-electron chi connectivity index (χ4n) is 3.04. The minimum Gasteiger partial charge on any atom is -0.207 e. The van der Waals surface area contributed by atoms with Crippen LogP contribution in [-0.4, -0.2) is 0 Å². The first-order valence-electron chi connectivity index (χ1n) is 9.13. The summed E-state index contributed by atoms with van der Waals surface area (Å²) in [7, 11) is 0. The van der Waals surface area contributed by atoms with Crippen molar-refractivity contribution >= 4 is 0 Å². The van der Waals surface area contributed by atoms with Crippen LogP contribution in [-0.2, 0) is 6.42 Å². The van der Waals surface area contributed by atoms with Gasteiger partial charge in [-0.1, -0.05) is 67.8 Å². The van der Waals surface area contributed by atoms with E-state index in [-0.39, 0.29) is 5.82 Å². The second-order valence-corrected chi connectivity index (χ2v) is 6.44. The third-order valence-electron chi connectivity index (χ3n) is 4.56. The van der Waals surface area contributed by atoms with Crippen molar-refractivity contribution in [3.05, 3.63) is 83.7 Å². The van der Waals surface area contributed by atoms with Crippen LogP contribution in [0.5, 0.6) is 0 Å². The molecule has 0 amide bonds. The van der Waals surface area contributed by atoms with Gasteiger partial charge >= 0.3 is 0 Å². The van der Waals surface area contributed by atoms with Crippen LogP contribution in [0.3, 0.4) is 0 Å². The average Bonchev–Trinajstić information content (AvgIpc) is 2.68. The van der Waals surface area contributed by atoms with E-state index in [4.69, 9.17) is 0 Å². The molecule has 0 unspecified atom stereocenters. The molecule has 26 heavy (non-hydrogen) atoms. The highest BCUT2D eigenvalue weighted by atomic mass is 19.1. The molecule has 130 valence electrons. The summed E-state index contributed by atoms with van der Waals surface area (Å²) in [5, 5.41) is 0. The number of unbranched alkanes of at least 4 members (excludes halogenated alkanes) is 1. The number of aryl methyl sites for hydroxylation is 1. The number of halogens is 1. The van der Waals surface area contributed by atoms with Gasteiger partial charge < -0.3 is 0 Å². The standard InChI is InChI=1S/C25H23F/c1-3-5-7-23-16-17-24(18-25(23)26)22-14-12-21(13-15-22)20-10-8-19(6-4-2)9-11-20/h8-18H,3,5,7H2,1-2H3. The van der Waals surface area contributed by atoms with Crippen LogP contribution in [0.25, 0.3) is 22.3 Å². The summed E-state index contributed by atoms with van der Waals surface area (Å²) in [6, 6.07) is 22.1. The molecule has 0 spiro atoms. The van der Waals surface area contributed by atoms with E-state index in [1.54, 1.807) is 6.07 Å². The highest BCUT2D eigenvalue weighted by Crippen LogP contribution is 2.26. The molecule has 0 saturated carbocycles. The number of hydrogen-bond donors (Lipinski definition) is 0. The number of hydrogen-bond acceptors (Lipinski definition) is 0. The molecule has 3 rings (SSSR count). The molecule has 0 N–H and O–H groups in total. The van der Waals surface area contributed by atoms with Crippen LogP contribution < -0.4 is 0 Å². The predicted octanol–water partition coefficient (Wildman–Crippen LogP) is 6.87. The molecule has 0 bridgehead atoms. The Kier molecular flexibility index (Phi) is 5.87. The monoisotopic (exact) mass is 342 g/mol. The van der Waals surface area contributed by atoms with Gasteiger partial charge in [-0.15, -0.1) is 5.92 Å². The van der Waals surface area contributed by atoms with Crippen LogP contribution in [0.15, 0.2) is 66.7 Å². The SMILES string of the molecule is CC#Cc1ccc(-c2ccc(-c3ccc(CCCC)c(F)c3)cc2)cc1. The minimum absolute atomic E-state index is 0.104. The lowest BCUT2D eigenvalue weighted by molar-refractivity contribution is 0.603. The van der Waals surface area contributed by atoms with Gasteiger partial charge in [0.05, 0.1) is 0 Å². The Bertz CT molecular complexity index is 923. The molecule has 0 radical (unpaired) electrons. The van der Waals surface area contributed by atoms with E-state index in [1.807, 2.05) is 31.2 Å². The largest absolute Gasteiger partial charge is 0.207 e. The Hall–Kier alpha value is -2.85. The van der Waals surface area contributed by atoms with Crippen LogP contribution in [0.2, 0.25) is 0 Å². The average molecular weight is 342 g/mol. The van der Waals surface area contributed by atoms with E-state index >= 15 is 0 Å². The first-order chi connectivity index (χ1) is 12.7. The van der Waals surface area contributed by atoms with Crippen molar-refractivity contribution in [2.45, 2.75) is 33.1 Å². The molecule has 0 atom stereocenters. The molecule has 0 heterocycles. The molecule has 1 heteroatoms. The molecule has 3 aromatic rings. The van der Waals surface area contributed by atoms with Crippen LogP contribution in [0, 0.1) is 17.7 Å². The van der Waals surface area contributed by atoms with E-state index in [1.165, 1.54) is 0 Å². The topological polar surface area (TPSA) is 0 Å². The Morgan fingerprint density at radius 1 is 0.769 bits per heavy atom. The molecule has 0 fully saturated rings. The third-order valence-corrected chi connectivity index (χ3v) is 4.56. The van der Waals surface area contributed by atoms with E-state index in [0.29, 0.717) is 0 Å². The lowest BCUT2D eigenvalue weighted by Gasteiger charge is -2.08. The molecule has 0 saturated heterocycles. The number of benzene rings is 3. The van der Waals surface area contributed by atoms with Gasteiger partial charge in [0.1, 0.15) is 5.82 Å². The van der Waals surface area contributed by atoms with Gasteiger partial charge in [-0.05, 0) is 65.8 Å². The first-order valence-corrected chi connectivity index (χ1v) is 9.13. The van der Waals surface area contributed by atoms with Crippen molar-refractivity contribution in [2.24, 2.45) is 0 Å². The van der Waals surface area contributed by atoms with Crippen molar-refractivity contribution in [3.63, 3.8) is 0 Å². The van der Waals surface area contributed by atoms with Gasteiger partial charge in [0.15, 0.2) is 0 Å². The zero-order chi connectivity index (χ0) is 18.4. The fourth-order valence-corrected chi connectivity index (χ4v) is 3.04. The Labute approximate surface area is 155 Å². The molecule has 3 aromatic carbocycles. The summed E-state index contributed by atoms with van der Waals surface area (Å²) in [6.07, 6.45) is 2.90. The summed E-state index contributed by atoms with van der Waals surface area (Å²) in [5.74, 6) is 5.86. The van der Waals surface area contributed by atoms with Crippen LogP contribution in [0.4, 0.5) is 4.39 Å². The molecular formula is C25H23F. The van der Waals surface area contributed by atoms with Crippen LogP contribution >= 0.6 is 0 Å². The minimum atomic E-state index is -0.104. The van der Waals surface area contributed by atoms with Gasteiger partial charge in [0.2, 0.25) is 0 Å². The van der Waals surface area contributed by atoms with Gasteiger partial charge in [0.25, 0.3) is 0 Å². The van der Waals surface area contributed by atoms with E-state index in [0.717, 1.165) is 52.6 Å². The highest BCUT2D eigenvalue weighted by molar-refractivity contribution is 5.71. The summed E-state index contributed by atoms with van der Waals surface area (Å²) in [5.41, 5.74) is 6.07. The summed E-state index contributed by atoms with van der Waals surface area (Å²) >= 11 is 0. The maximum atomic E-state index is 14.3. The van der Waals surface area contributed by atoms with Crippen molar-refractivity contribution in [2.75, 3.05) is 0 Å².